The van der Waals surface area contributed by atoms with Gasteiger partial charge in [0.15, 0.2) is 0 Å². The maximum Gasteiger partial charge on any atom is 0.0291 e. The molecule has 1 N–H and O–H groups in total. The molecular weight excluding hydrogens is 226 g/mol. The smallest absolute Gasteiger partial charge is 0.0291 e. The highest BCUT2D eigenvalue weighted by atomic mass is 32.2. The standard InChI is InChI=1S/C15H25NS/c1-5-12(3)11-17-15-9-7-14(8-10-15)13(4)16-6-2/h7-10,12-13,16H,5-6,11H2,1-4H3. The number of benzene rings is 1. The maximum atomic E-state index is 3.43. The van der Waals surface area contributed by atoms with E-state index in [2.05, 4.69) is 57.3 Å². The first kappa shape index (κ1) is 14.6. The van der Waals surface area contributed by atoms with E-state index in [9.17, 15) is 0 Å². The Hall–Kier alpha value is -0.470. The minimum absolute atomic E-state index is 0.452. The molecule has 17 heavy (non-hydrogen) atoms. The van der Waals surface area contributed by atoms with E-state index in [1.54, 1.807) is 0 Å². The summed E-state index contributed by atoms with van der Waals surface area (Å²) in [6.07, 6.45) is 1.27. The molecule has 0 spiro atoms. The summed E-state index contributed by atoms with van der Waals surface area (Å²) in [7, 11) is 0. The second-order valence-electron chi connectivity index (χ2n) is 4.67. The van der Waals surface area contributed by atoms with E-state index in [0.29, 0.717) is 6.04 Å². The van der Waals surface area contributed by atoms with Gasteiger partial charge in [-0.05, 0) is 37.1 Å². The van der Waals surface area contributed by atoms with E-state index >= 15 is 0 Å². The molecule has 1 aromatic rings. The quantitative estimate of drug-likeness (QED) is 0.716. The van der Waals surface area contributed by atoms with Gasteiger partial charge in [-0.25, -0.2) is 0 Å². The molecule has 0 aliphatic heterocycles. The lowest BCUT2D eigenvalue weighted by Crippen LogP contribution is -2.17. The average molecular weight is 251 g/mol. The van der Waals surface area contributed by atoms with Crippen molar-refractivity contribution in [3.8, 4) is 0 Å². The van der Waals surface area contributed by atoms with Crippen LogP contribution in [0.2, 0.25) is 0 Å². The fourth-order valence-electron chi connectivity index (χ4n) is 1.63. The van der Waals surface area contributed by atoms with E-state index in [1.807, 2.05) is 11.8 Å². The van der Waals surface area contributed by atoms with Crippen molar-refractivity contribution in [2.24, 2.45) is 5.92 Å². The van der Waals surface area contributed by atoms with Gasteiger partial charge < -0.3 is 5.32 Å². The first-order valence-corrected chi connectivity index (χ1v) is 7.62. The van der Waals surface area contributed by atoms with Gasteiger partial charge in [-0.1, -0.05) is 39.3 Å². The van der Waals surface area contributed by atoms with Crippen molar-refractivity contribution >= 4 is 11.8 Å². The lowest BCUT2D eigenvalue weighted by molar-refractivity contribution is 0.598. The molecule has 0 radical (unpaired) electrons. The van der Waals surface area contributed by atoms with Gasteiger partial charge >= 0.3 is 0 Å². The van der Waals surface area contributed by atoms with Crippen LogP contribution in [0, 0.1) is 5.92 Å². The van der Waals surface area contributed by atoms with Gasteiger partial charge in [0, 0.05) is 16.7 Å². The number of nitrogens with one attached hydrogen (secondary N) is 1. The molecule has 1 rings (SSSR count). The molecule has 0 bridgehead atoms. The normalized spacial score (nSPS) is 14.6. The average Bonchev–Trinajstić information content (AvgIpc) is 2.36. The summed E-state index contributed by atoms with van der Waals surface area (Å²) in [6.45, 7) is 9.95. The highest BCUT2D eigenvalue weighted by Gasteiger charge is 2.04. The van der Waals surface area contributed by atoms with Crippen molar-refractivity contribution < 1.29 is 0 Å². The van der Waals surface area contributed by atoms with Gasteiger partial charge in [0.2, 0.25) is 0 Å². The first-order valence-electron chi connectivity index (χ1n) is 6.63. The third kappa shape index (κ3) is 5.13. The Labute approximate surface area is 110 Å². The SMILES string of the molecule is CCNC(C)c1ccc(SCC(C)CC)cc1. The van der Waals surface area contributed by atoms with E-state index in [1.165, 1.54) is 22.6 Å². The number of thioether (sulfide) groups is 1. The molecule has 0 aliphatic carbocycles. The van der Waals surface area contributed by atoms with E-state index in [0.717, 1.165) is 12.5 Å². The van der Waals surface area contributed by atoms with Crippen LogP contribution in [0.1, 0.15) is 45.7 Å². The fraction of sp³-hybridized carbons (Fsp3) is 0.600. The monoisotopic (exact) mass is 251 g/mol. The van der Waals surface area contributed by atoms with Crippen LogP contribution in [0.3, 0.4) is 0 Å². The Morgan fingerprint density at radius 2 is 1.76 bits per heavy atom. The van der Waals surface area contributed by atoms with Gasteiger partial charge in [0.1, 0.15) is 0 Å². The number of hydrogen-bond acceptors (Lipinski definition) is 2. The second-order valence-corrected chi connectivity index (χ2v) is 5.77. The maximum absolute atomic E-state index is 3.43. The van der Waals surface area contributed by atoms with Gasteiger partial charge in [0.25, 0.3) is 0 Å². The van der Waals surface area contributed by atoms with Crippen molar-refractivity contribution in [1.29, 1.82) is 0 Å². The Kier molecular flexibility index (Phi) is 6.68. The second kappa shape index (κ2) is 7.78. The summed E-state index contributed by atoms with van der Waals surface area (Å²) in [4.78, 5) is 1.39. The minimum Gasteiger partial charge on any atom is -0.310 e. The molecule has 1 aromatic carbocycles. The van der Waals surface area contributed by atoms with Gasteiger partial charge in [-0.2, -0.15) is 0 Å². The molecule has 2 unspecified atom stereocenters. The summed E-state index contributed by atoms with van der Waals surface area (Å²) >= 11 is 1.97. The van der Waals surface area contributed by atoms with Crippen LogP contribution in [0.4, 0.5) is 0 Å². The molecule has 2 atom stereocenters. The Balaban J connectivity index is 2.50. The summed E-state index contributed by atoms with van der Waals surface area (Å²) in [5, 5.41) is 3.43. The largest absolute Gasteiger partial charge is 0.310 e. The Bertz CT molecular complexity index is 307. The lowest BCUT2D eigenvalue weighted by atomic mass is 10.1. The third-order valence-corrected chi connectivity index (χ3v) is 4.46. The van der Waals surface area contributed by atoms with E-state index in [4.69, 9.17) is 0 Å². The number of hydrogen-bond donors (Lipinski definition) is 1. The molecule has 0 aromatic heterocycles. The molecule has 96 valence electrons. The fourth-order valence-corrected chi connectivity index (χ4v) is 2.67. The predicted molar refractivity (Wildman–Crippen MR) is 78.7 cm³/mol. The van der Waals surface area contributed by atoms with Crippen LogP contribution in [0.5, 0.6) is 0 Å². The van der Waals surface area contributed by atoms with Crippen LogP contribution in [0.15, 0.2) is 29.2 Å². The van der Waals surface area contributed by atoms with Crippen LogP contribution in [-0.2, 0) is 0 Å². The van der Waals surface area contributed by atoms with Crippen molar-refractivity contribution in [2.45, 2.75) is 45.1 Å². The topological polar surface area (TPSA) is 12.0 Å². The van der Waals surface area contributed by atoms with Crippen molar-refractivity contribution in [1.82, 2.24) is 5.32 Å². The Morgan fingerprint density at radius 1 is 1.12 bits per heavy atom. The van der Waals surface area contributed by atoms with Crippen LogP contribution in [0.25, 0.3) is 0 Å². The number of rotatable bonds is 7. The zero-order valence-corrected chi connectivity index (χ0v) is 12.3. The van der Waals surface area contributed by atoms with Gasteiger partial charge in [0.05, 0.1) is 0 Å². The summed E-state index contributed by atoms with van der Waals surface area (Å²) < 4.78 is 0. The first-order chi connectivity index (χ1) is 8.17. The predicted octanol–water partition coefficient (Wildman–Crippen LogP) is 4.50. The van der Waals surface area contributed by atoms with Gasteiger partial charge in [-0.15, -0.1) is 11.8 Å². The summed E-state index contributed by atoms with van der Waals surface area (Å²) in [6, 6.07) is 9.43. The van der Waals surface area contributed by atoms with Crippen LogP contribution < -0.4 is 5.32 Å². The zero-order valence-electron chi connectivity index (χ0n) is 11.5. The van der Waals surface area contributed by atoms with Crippen molar-refractivity contribution in [3.05, 3.63) is 29.8 Å². The molecule has 2 heteroatoms. The highest BCUT2D eigenvalue weighted by molar-refractivity contribution is 7.99. The van der Waals surface area contributed by atoms with Crippen LogP contribution >= 0.6 is 11.8 Å². The molecule has 0 aliphatic rings. The lowest BCUT2D eigenvalue weighted by Gasteiger charge is -2.13. The van der Waals surface area contributed by atoms with E-state index in [-0.39, 0.29) is 0 Å². The Morgan fingerprint density at radius 3 is 2.29 bits per heavy atom. The molecule has 0 saturated heterocycles. The van der Waals surface area contributed by atoms with Gasteiger partial charge in [-0.3, -0.25) is 0 Å². The zero-order chi connectivity index (χ0) is 12.7. The molecule has 0 fully saturated rings. The molecule has 1 nitrogen and oxygen atoms in total. The minimum atomic E-state index is 0.452. The van der Waals surface area contributed by atoms with E-state index < -0.39 is 0 Å². The summed E-state index contributed by atoms with van der Waals surface area (Å²) in [5.74, 6) is 2.03. The molecule has 0 saturated carbocycles. The molecule has 0 amide bonds. The summed E-state index contributed by atoms with van der Waals surface area (Å²) in [5.41, 5.74) is 1.37. The van der Waals surface area contributed by atoms with Crippen molar-refractivity contribution in [3.63, 3.8) is 0 Å². The molecular formula is C15H25NS. The highest BCUT2D eigenvalue weighted by Crippen LogP contribution is 2.23. The van der Waals surface area contributed by atoms with Crippen molar-refractivity contribution in [2.75, 3.05) is 12.3 Å². The van der Waals surface area contributed by atoms with Crippen LogP contribution in [-0.4, -0.2) is 12.3 Å². The molecule has 0 heterocycles. The third-order valence-electron chi connectivity index (χ3n) is 3.12.